The first-order valence-electron chi connectivity index (χ1n) is 17.8. The Morgan fingerprint density at radius 1 is 0.545 bits per heavy atom. The molecule has 4 aliphatic rings. The smallest absolute Gasteiger partial charge is 0.294 e. The molecule has 0 saturated carbocycles. The van der Waals surface area contributed by atoms with Crippen molar-refractivity contribution < 1.29 is 14.4 Å². The predicted molar refractivity (Wildman–Crippen MR) is 215 cm³/mol. The summed E-state index contributed by atoms with van der Waals surface area (Å²) in [5, 5.41) is 25.8. The molecule has 3 heterocycles. The van der Waals surface area contributed by atoms with E-state index >= 15 is 0 Å². The fraction of sp³-hybridized carbons (Fsp3) is 0.0217. The number of hydrogen-bond donors (Lipinski definition) is 0. The molecule has 0 aromatic heterocycles. The van der Waals surface area contributed by atoms with E-state index in [1.165, 1.54) is 65.5 Å². The summed E-state index contributed by atoms with van der Waals surface area (Å²) in [4.78, 5) is 48.9. The van der Waals surface area contributed by atoms with Crippen molar-refractivity contribution in [2.24, 2.45) is 30.2 Å². The number of azo groups is 1. The zero-order chi connectivity index (χ0) is 36.8. The summed E-state index contributed by atoms with van der Waals surface area (Å²) in [6, 6.07) is 36.7. The second kappa shape index (κ2) is 11.7. The van der Waals surface area contributed by atoms with Crippen LogP contribution in [0.4, 0.5) is 15.3 Å². The van der Waals surface area contributed by atoms with E-state index in [0.717, 1.165) is 33.0 Å². The van der Waals surface area contributed by atoms with Crippen LogP contribution in [0.25, 0.3) is 76.9 Å². The molecule has 0 saturated heterocycles. The third kappa shape index (κ3) is 4.76. The van der Waals surface area contributed by atoms with Crippen molar-refractivity contribution >= 4 is 107 Å². The van der Waals surface area contributed by atoms with Crippen LogP contribution in [0.3, 0.4) is 0 Å². The second-order valence-electron chi connectivity index (χ2n) is 13.8. The van der Waals surface area contributed by atoms with Gasteiger partial charge in [-0.05, 0) is 119 Å². The SMILES string of the molecule is O=C1CC=Cc2c1cc1ccc3cc4c5ccccc5cc5ccc6cc2c1c3c6c54.O=C1N=Cc2ccc3c(c2=N1)=CN=N3.O=C1N=c2ccccc2=N1. The minimum atomic E-state index is -0.480. The molecule has 55 heavy (non-hydrogen) atoms. The molecule has 0 atom stereocenters. The molecule has 9 aromatic rings. The summed E-state index contributed by atoms with van der Waals surface area (Å²) >= 11 is 0. The third-order valence-corrected chi connectivity index (χ3v) is 10.7. The number of aliphatic imine (C=N–C) groups is 1. The largest absolute Gasteiger partial charge is 0.368 e. The molecule has 0 radical (unpaired) electrons. The minimum absolute atomic E-state index is 0.214. The van der Waals surface area contributed by atoms with E-state index in [0.29, 0.717) is 22.5 Å². The van der Waals surface area contributed by atoms with E-state index in [4.69, 9.17) is 0 Å². The summed E-state index contributed by atoms with van der Waals surface area (Å²) < 4.78 is 0. The number of nitrogens with zero attached hydrogens (tertiary/aromatic N) is 6. The first-order chi connectivity index (χ1) is 27.0. The normalized spacial score (nSPS) is 14.6. The molecule has 0 N–H and O–H groups in total. The van der Waals surface area contributed by atoms with E-state index in [-0.39, 0.29) is 5.78 Å². The molecule has 0 unspecified atom stereocenters. The number of amides is 4. The Bertz CT molecular complexity index is 3550. The molecule has 0 spiro atoms. The maximum Gasteiger partial charge on any atom is 0.368 e. The van der Waals surface area contributed by atoms with Crippen molar-refractivity contribution in [2.75, 3.05) is 0 Å². The molecule has 13 rings (SSSR count). The van der Waals surface area contributed by atoms with Crippen LogP contribution in [-0.2, 0) is 0 Å². The lowest BCUT2D eigenvalue weighted by atomic mass is 9.82. The summed E-state index contributed by atoms with van der Waals surface area (Å²) in [7, 11) is 0. The first kappa shape index (κ1) is 30.9. The molecule has 1 aliphatic carbocycles. The Balaban J connectivity index is 0.000000120. The van der Waals surface area contributed by atoms with Gasteiger partial charge in [0.15, 0.2) is 5.78 Å². The monoisotopic (exact) mass is 708 g/mol. The van der Waals surface area contributed by atoms with Crippen LogP contribution < -0.4 is 21.3 Å². The van der Waals surface area contributed by atoms with E-state index < -0.39 is 12.1 Å². The number of allylic oxidation sites excluding steroid dienone is 1. The average Bonchev–Trinajstić information content (AvgIpc) is 3.86. The van der Waals surface area contributed by atoms with E-state index in [2.05, 4.69) is 109 Å². The highest BCUT2D eigenvalue weighted by atomic mass is 16.2. The molecular formula is C46H24N6O3. The van der Waals surface area contributed by atoms with Crippen LogP contribution in [0, 0.1) is 0 Å². The maximum absolute atomic E-state index is 12.7. The Morgan fingerprint density at radius 2 is 1.22 bits per heavy atom. The van der Waals surface area contributed by atoms with Gasteiger partial charge in [0, 0.05) is 29.0 Å². The lowest BCUT2D eigenvalue weighted by Gasteiger charge is -2.21. The summed E-state index contributed by atoms with van der Waals surface area (Å²) in [6.45, 7) is 0. The zero-order valence-electron chi connectivity index (χ0n) is 28.8. The number of rotatable bonds is 0. The summed E-state index contributed by atoms with van der Waals surface area (Å²) in [5.74, 6) is 0.214. The van der Waals surface area contributed by atoms with E-state index in [9.17, 15) is 14.4 Å². The number of ketones is 1. The molecule has 9 heteroatoms. The van der Waals surface area contributed by atoms with Gasteiger partial charge in [-0.15, -0.1) is 0 Å². The summed E-state index contributed by atoms with van der Waals surface area (Å²) in [6.07, 6.45) is 7.75. The zero-order valence-corrected chi connectivity index (χ0v) is 28.8. The van der Waals surface area contributed by atoms with Crippen molar-refractivity contribution in [2.45, 2.75) is 6.42 Å². The van der Waals surface area contributed by atoms with Crippen molar-refractivity contribution in [3.05, 3.63) is 153 Å². The molecule has 0 fully saturated rings. The Kier molecular flexibility index (Phi) is 6.57. The van der Waals surface area contributed by atoms with E-state index in [1.54, 1.807) is 18.3 Å². The number of para-hydroxylation sites is 2. The second-order valence-corrected chi connectivity index (χ2v) is 13.8. The maximum atomic E-state index is 12.7. The highest BCUT2D eigenvalue weighted by Gasteiger charge is 2.22. The number of fused-ring (bicyclic) bond motifs is 8. The van der Waals surface area contributed by atoms with Crippen LogP contribution in [0.15, 0.2) is 145 Å². The Labute approximate surface area is 310 Å². The van der Waals surface area contributed by atoms with Gasteiger partial charge in [0.2, 0.25) is 0 Å². The van der Waals surface area contributed by atoms with Crippen LogP contribution >= 0.6 is 0 Å². The fourth-order valence-electron chi connectivity index (χ4n) is 8.31. The Hall–Kier alpha value is -7.65. The molecule has 4 amide bonds. The Morgan fingerprint density at radius 3 is 2.00 bits per heavy atom. The van der Waals surface area contributed by atoms with Gasteiger partial charge in [0.05, 0.1) is 28.0 Å². The predicted octanol–water partition coefficient (Wildman–Crippen LogP) is 8.83. The van der Waals surface area contributed by atoms with Gasteiger partial charge in [-0.1, -0.05) is 72.8 Å². The number of urea groups is 2. The van der Waals surface area contributed by atoms with Crippen LogP contribution in [0.5, 0.6) is 0 Å². The van der Waals surface area contributed by atoms with E-state index in [1.807, 2.05) is 30.3 Å². The van der Waals surface area contributed by atoms with Crippen LogP contribution in [0.2, 0.25) is 0 Å². The number of carbonyl (C=O) groups is 3. The summed E-state index contributed by atoms with van der Waals surface area (Å²) in [5.41, 5.74) is 3.51. The molecular weight excluding hydrogens is 685 g/mol. The lowest BCUT2D eigenvalue weighted by Crippen LogP contribution is -2.31. The standard InChI is InChI=1S/C30H16O.C9H4N4O.C7H4N2O/c31-26-7-3-6-22-23(26)13-18-9-11-19-14-24-21-5-2-1-4-16(21)12-17-8-10-20-15-25(22)28(18)30(19)29(20)27(17)24;14-9-10-3-5-1-2-7-6(4-11-13-7)8(5)12-9;10-7-8-5-3-1-2-4-6(5)9-7/h1-6,8-15H,7H2;1-4H;1-4H. The number of Topliss-reactive ketones (excluding diaryl/α,β-unsaturated/α-hetero) is 1. The van der Waals surface area contributed by atoms with Gasteiger partial charge in [0.25, 0.3) is 0 Å². The molecule has 9 aromatic carbocycles. The quantitative estimate of drug-likeness (QED) is 0.115. The number of carbonyl (C=O) groups excluding carboxylic acids is 3. The van der Waals surface area contributed by atoms with Gasteiger partial charge >= 0.3 is 12.1 Å². The van der Waals surface area contributed by atoms with Gasteiger partial charge in [-0.2, -0.15) is 30.2 Å². The first-order valence-corrected chi connectivity index (χ1v) is 17.8. The van der Waals surface area contributed by atoms with Crippen LogP contribution in [0.1, 0.15) is 27.9 Å². The number of hydrogen-bond acceptors (Lipinski definition) is 5. The van der Waals surface area contributed by atoms with Crippen molar-refractivity contribution in [1.29, 1.82) is 0 Å². The average molecular weight is 709 g/mol. The minimum Gasteiger partial charge on any atom is -0.294 e. The van der Waals surface area contributed by atoms with Gasteiger partial charge in [0.1, 0.15) is 0 Å². The van der Waals surface area contributed by atoms with Gasteiger partial charge in [-0.25, -0.2) is 9.59 Å². The fourth-order valence-corrected chi connectivity index (χ4v) is 8.31. The molecule has 0 bridgehead atoms. The van der Waals surface area contributed by atoms with Gasteiger partial charge in [-0.3, -0.25) is 4.79 Å². The van der Waals surface area contributed by atoms with Crippen molar-refractivity contribution in [3.8, 4) is 0 Å². The third-order valence-electron chi connectivity index (χ3n) is 10.7. The molecule has 256 valence electrons. The van der Waals surface area contributed by atoms with Crippen LogP contribution in [-0.4, -0.2) is 24.1 Å². The highest BCUT2D eigenvalue weighted by Crippen LogP contribution is 2.47. The topological polar surface area (TPSA) is 125 Å². The molecule has 3 aliphatic heterocycles. The van der Waals surface area contributed by atoms with Crippen molar-refractivity contribution in [3.63, 3.8) is 0 Å². The van der Waals surface area contributed by atoms with Gasteiger partial charge < -0.3 is 0 Å². The lowest BCUT2D eigenvalue weighted by molar-refractivity contribution is 0.0994. The number of benzene rings is 9. The highest BCUT2D eigenvalue weighted by molar-refractivity contribution is 6.39. The van der Waals surface area contributed by atoms with Crippen molar-refractivity contribution in [1.82, 2.24) is 0 Å². The molecule has 9 nitrogen and oxygen atoms in total.